The van der Waals surface area contributed by atoms with Crippen molar-refractivity contribution in [3.8, 4) is 16.9 Å². The Morgan fingerprint density at radius 3 is 2.69 bits per heavy atom. The third-order valence-electron chi connectivity index (χ3n) is 1.78. The van der Waals surface area contributed by atoms with E-state index in [0.29, 0.717) is 5.56 Å². The molecule has 0 saturated heterocycles. The standard InChI is InChI=1S/C10H7FOS/c11-10-5-8(12)1-2-9(10)7-3-4-13-6-7/h1-6,12H. The molecule has 1 nitrogen and oxygen atoms in total. The van der Waals surface area contributed by atoms with Gasteiger partial charge in [-0.15, -0.1) is 0 Å². The van der Waals surface area contributed by atoms with Crippen molar-refractivity contribution in [1.82, 2.24) is 0 Å². The van der Waals surface area contributed by atoms with Gasteiger partial charge in [0.15, 0.2) is 0 Å². The molecule has 0 saturated carbocycles. The molecule has 0 aliphatic carbocycles. The van der Waals surface area contributed by atoms with Crippen LogP contribution in [0, 0.1) is 5.82 Å². The van der Waals surface area contributed by atoms with Gasteiger partial charge >= 0.3 is 0 Å². The van der Waals surface area contributed by atoms with E-state index in [1.54, 1.807) is 6.07 Å². The van der Waals surface area contributed by atoms with Crippen molar-refractivity contribution in [3.05, 3.63) is 40.8 Å². The molecule has 66 valence electrons. The van der Waals surface area contributed by atoms with Gasteiger partial charge in [0.2, 0.25) is 0 Å². The fourth-order valence-electron chi connectivity index (χ4n) is 1.16. The lowest BCUT2D eigenvalue weighted by atomic mass is 10.1. The third-order valence-corrected chi connectivity index (χ3v) is 2.47. The molecule has 2 rings (SSSR count). The summed E-state index contributed by atoms with van der Waals surface area (Å²) in [7, 11) is 0. The fraction of sp³-hybridized carbons (Fsp3) is 0. The normalized spacial score (nSPS) is 10.2. The summed E-state index contributed by atoms with van der Waals surface area (Å²) in [5, 5.41) is 12.8. The van der Waals surface area contributed by atoms with Crippen molar-refractivity contribution in [3.63, 3.8) is 0 Å². The molecule has 0 aliphatic rings. The van der Waals surface area contributed by atoms with Gasteiger partial charge in [0.1, 0.15) is 11.6 Å². The van der Waals surface area contributed by atoms with Gasteiger partial charge in [0, 0.05) is 11.6 Å². The molecule has 1 N–H and O–H groups in total. The highest BCUT2D eigenvalue weighted by atomic mass is 32.1. The summed E-state index contributed by atoms with van der Waals surface area (Å²) in [5.41, 5.74) is 1.38. The maximum absolute atomic E-state index is 13.3. The number of phenolic OH excluding ortho intramolecular Hbond substituents is 1. The van der Waals surface area contributed by atoms with Crippen LogP contribution >= 0.6 is 11.3 Å². The SMILES string of the molecule is Oc1ccc(-c2ccsc2)c(F)c1. The predicted molar refractivity (Wildman–Crippen MR) is 51.4 cm³/mol. The van der Waals surface area contributed by atoms with Crippen molar-refractivity contribution >= 4 is 11.3 Å². The molecular weight excluding hydrogens is 187 g/mol. The molecule has 3 heteroatoms. The van der Waals surface area contributed by atoms with Gasteiger partial charge in [0.05, 0.1) is 0 Å². The Hall–Kier alpha value is -1.35. The minimum Gasteiger partial charge on any atom is -0.508 e. The van der Waals surface area contributed by atoms with Crippen molar-refractivity contribution in [2.45, 2.75) is 0 Å². The van der Waals surface area contributed by atoms with E-state index in [2.05, 4.69) is 0 Å². The molecule has 0 fully saturated rings. The largest absolute Gasteiger partial charge is 0.508 e. The highest BCUT2D eigenvalue weighted by Crippen LogP contribution is 2.27. The van der Waals surface area contributed by atoms with Crippen LogP contribution in [0.3, 0.4) is 0 Å². The Morgan fingerprint density at radius 2 is 2.08 bits per heavy atom. The lowest BCUT2D eigenvalue weighted by Crippen LogP contribution is -1.80. The van der Waals surface area contributed by atoms with Crippen LogP contribution in [0.15, 0.2) is 35.0 Å². The zero-order valence-electron chi connectivity index (χ0n) is 6.70. The Morgan fingerprint density at radius 1 is 1.23 bits per heavy atom. The van der Waals surface area contributed by atoms with E-state index < -0.39 is 5.82 Å². The molecule has 0 spiro atoms. The Kier molecular flexibility index (Phi) is 2.02. The molecule has 1 aromatic heterocycles. The number of halogens is 1. The second kappa shape index (κ2) is 3.18. The van der Waals surface area contributed by atoms with Gasteiger partial charge < -0.3 is 5.11 Å². The third kappa shape index (κ3) is 1.55. The predicted octanol–water partition coefficient (Wildman–Crippen LogP) is 3.26. The molecule has 1 aromatic carbocycles. The first-order valence-electron chi connectivity index (χ1n) is 3.78. The van der Waals surface area contributed by atoms with E-state index >= 15 is 0 Å². The molecule has 0 unspecified atom stereocenters. The van der Waals surface area contributed by atoms with E-state index in [-0.39, 0.29) is 5.75 Å². The molecule has 13 heavy (non-hydrogen) atoms. The number of hydrogen-bond donors (Lipinski definition) is 1. The molecule has 0 aliphatic heterocycles. The monoisotopic (exact) mass is 194 g/mol. The fourth-order valence-corrected chi connectivity index (χ4v) is 1.81. The highest BCUT2D eigenvalue weighted by molar-refractivity contribution is 7.08. The minimum atomic E-state index is -0.390. The van der Waals surface area contributed by atoms with Gasteiger partial charge in [-0.3, -0.25) is 0 Å². The van der Waals surface area contributed by atoms with E-state index in [0.717, 1.165) is 11.6 Å². The summed E-state index contributed by atoms with van der Waals surface area (Å²) in [6.45, 7) is 0. The quantitative estimate of drug-likeness (QED) is 0.738. The van der Waals surface area contributed by atoms with Gasteiger partial charge in [-0.1, -0.05) is 0 Å². The van der Waals surface area contributed by atoms with Gasteiger partial charge in [-0.25, -0.2) is 4.39 Å². The van der Waals surface area contributed by atoms with Crippen molar-refractivity contribution in [2.75, 3.05) is 0 Å². The number of benzene rings is 1. The summed E-state index contributed by atoms with van der Waals surface area (Å²) >= 11 is 1.52. The maximum atomic E-state index is 13.3. The van der Waals surface area contributed by atoms with Crippen molar-refractivity contribution in [1.29, 1.82) is 0 Å². The summed E-state index contributed by atoms with van der Waals surface area (Å²) in [6, 6.07) is 6.02. The van der Waals surface area contributed by atoms with Gasteiger partial charge in [-0.05, 0) is 34.5 Å². The molecule has 0 atom stereocenters. The summed E-state index contributed by atoms with van der Waals surface area (Å²) < 4.78 is 13.3. The van der Waals surface area contributed by atoms with E-state index in [9.17, 15) is 4.39 Å². The Labute approximate surface area is 79.1 Å². The van der Waals surface area contributed by atoms with Crippen molar-refractivity contribution in [2.24, 2.45) is 0 Å². The molecule has 2 aromatic rings. The second-order valence-corrected chi connectivity index (χ2v) is 3.46. The van der Waals surface area contributed by atoms with Crippen LogP contribution in [0.4, 0.5) is 4.39 Å². The Bertz CT molecular complexity index is 409. The first-order chi connectivity index (χ1) is 6.27. The molecule has 1 heterocycles. The van der Waals surface area contributed by atoms with Crippen LogP contribution < -0.4 is 0 Å². The number of hydrogen-bond acceptors (Lipinski definition) is 2. The maximum Gasteiger partial charge on any atom is 0.134 e. The van der Waals surface area contributed by atoms with Gasteiger partial charge in [0.25, 0.3) is 0 Å². The number of aromatic hydroxyl groups is 1. The van der Waals surface area contributed by atoms with Crippen LogP contribution in [0.2, 0.25) is 0 Å². The Balaban J connectivity index is 2.53. The van der Waals surface area contributed by atoms with Crippen molar-refractivity contribution < 1.29 is 9.50 Å². The average Bonchev–Trinajstić information content (AvgIpc) is 2.56. The highest BCUT2D eigenvalue weighted by Gasteiger charge is 2.05. The smallest absolute Gasteiger partial charge is 0.134 e. The van der Waals surface area contributed by atoms with Crippen LogP contribution in [-0.4, -0.2) is 5.11 Å². The zero-order valence-corrected chi connectivity index (χ0v) is 7.51. The van der Waals surface area contributed by atoms with E-state index in [1.165, 1.54) is 17.4 Å². The average molecular weight is 194 g/mol. The van der Waals surface area contributed by atoms with E-state index in [4.69, 9.17) is 5.11 Å². The van der Waals surface area contributed by atoms with Crippen LogP contribution in [-0.2, 0) is 0 Å². The van der Waals surface area contributed by atoms with Gasteiger partial charge in [-0.2, -0.15) is 11.3 Å². The first kappa shape index (κ1) is 8.26. The summed E-state index contributed by atoms with van der Waals surface area (Å²) in [4.78, 5) is 0. The number of thiophene rings is 1. The molecular formula is C10H7FOS. The zero-order chi connectivity index (χ0) is 9.26. The summed E-state index contributed by atoms with van der Waals surface area (Å²) in [5.74, 6) is -0.435. The van der Waals surface area contributed by atoms with E-state index in [1.807, 2.05) is 16.8 Å². The lowest BCUT2D eigenvalue weighted by Gasteiger charge is -2.00. The summed E-state index contributed by atoms with van der Waals surface area (Å²) in [6.07, 6.45) is 0. The molecule has 0 radical (unpaired) electrons. The first-order valence-corrected chi connectivity index (χ1v) is 4.73. The number of phenols is 1. The van der Waals surface area contributed by atoms with Crippen LogP contribution in [0.25, 0.3) is 11.1 Å². The second-order valence-electron chi connectivity index (χ2n) is 2.68. The lowest BCUT2D eigenvalue weighted by molar-refractivity contribution is 0.469. The van der Waals surface area contributed by atoms with Crippen LogP contribution in [0.1, 0.15) is 0 Å². The minimum absolute atomic E-state index is 0.0449. The topological polar surface area (TPSA) is 20.2 Å². The molecule has 0 bridgehead atoms. The number of rotatable bonds is 1. The molecule has 0 amide bonds. The van der Waals surface area contributed by atoms with Crippen LogP contribution in [0.5, 0.6) is 5.75 Å².